The van der Waals surface area contributed by atoms with Gasteiger partial charge in [0.1, 0.15) is 5.82 Å². The Hall–Kier alpha value is -2.14. The molecule has 1 amide bonds. The van der Waals surface area contributed by atoms with Gasteiger partial charge in [-0.1, -0.05) is 17.7 Å². The van der Waals surface area contributed by atoms with Gasteiger partial charge in [-0.3, -0.25) is 4.79 Å². The number of piperazine rings is 1. The maximum Gasteiger partial charge on any atom is 0.257 e. The average Bonchev–Trinajstić information content (AvgIpc) is 3.46. The molecule has 1 aliphatic carbocycles. The van der Waals surface area contributed by atoms with Crippen LogP contribution in [0.1, 0.15) is 40.6 Å². The normalized spacial score (nSPS) is 17.7. The first-order valence-electron chi connectivity index (χ1n) is 8.75. The second kappa shape index (κ2) is 6.64. The highest BCUT2D eigenvalue weighted by Gasteiger charge is 2.28. The van der Waals surface area contributed by atoms with Crippen molar-refractivity contribution in [1.29, 1.82) is 0 Å². The highest BCUT2D eigenvalue weighted by Crippen LogP contribution is 2.38. The van der Waals surface area contributed by atoms with Crippen LogP contribution < -0.4 is 4.90 Å². The van der Waals surface area contributed by atoms with Crippen LogP contribution in [0.2, 0.25) is 5.02 Å². The van der Waals surface area contributed by atoms with E-state index in [4.69, 9.17) is 11.6 Å². The second-order valence-corrected chi connectivity index (χ2v) is 7.20. The van der Waals surface area contributed by atoms with Crippen LogP contribution in [0, 0.1) is 6.92 Å². The fraction of sp³-hybridized carbons (Fsp3) is 0.421. The Labute approximate surface area is 152 Å². The number of aryl methyl sites for hydroxylation is 1. The van der Waals surface area contributed by atoms with Crippen molar-refractivity contribution in [3.8, 4) is 0 Å². The molecule has 1 aromatic carbocycles. The topological polar surface area (TPSA) is 49.3 Å². The SMILES string of the molecule is Cc1nc(C2CC2)ncc1C(=O)N1CCN(c2cccc(Cl)c2)CC1. The molecule has 5 nitrogen and oxygen atoms in total. The van der Waals surface area contributed by atoms with E-state index in [2.05, 4.69) is 20.9 Å². The molecule has 6 heteroatoms. The summed E-state index contributed by atoms with van der Waals surface area (Å²) in [5, 5.41) is 0.736. The molecule has 1 saturated heterocycles. The Morgan fingerprint density at radius 3 is 2.60 bits per heavy atom. The Morgan fingerprint density at radius 2 is 1.96 bits per heavy atom. The quantitative estimate of drug-likeness (QED) is 0.846. The third kappa shape index (κ3) is 3.47. The number of carbonyl (C=O) groups is 1. The molecule has 2 heterocycles. The van der Waals surface area contributed by atoms with Gasteiger partial charge in [-0.05, 0) is 38.0 Å². The molecule has 4 rings (SSSR count). The van der Waals surface area contributed by atoms with Gasteiger partial charge in [0.25, 0.3) is 5.91 Å². The lowest BCUT2D eigenvalue weighted by Gasteiger charge is -2.36. The molecule has 0 N–H and O–H groups in total. The van der Waals surface area contributed by atoms with Gasteiger partial charge in [-0.25, -0.2) is 9.97 Å². The van der Waals surface area contributed by atoms with Gasteiger partial charge >= 0.3 is 0 Å². The molecule has 2 aliphatic rings. The fourth-order valence-electron chi connectivity index (χ4n) is 3.24. The van der Waals surface area contributed by atoms with E-state index in [1.165, 1.54) is 0 Å². The van der Waals surface area contributed by atoms with E-state index in [0.717, 1.165) is 48.2 Å². The van der Waals surface area contributed by atoms with Crippen molar-refractivity contribution in [3.05, 3.63) is 52.6 Å². The van der Waals surface area contributed by atoms with E-state index >= 15 is 0 Å². The van der Waals surface area contributed by atoms with E-state index < -0.39 is 0 Å². The number of anilines is 1. The van der Waals surface area contributed by atoms with Gasteiger partial charge in [0.15, 0.2) is 0 Å². The minimum Gasteiger partial charge on any atom is -0.368 e. The standard InChI is InChI=1S/C19H21ClN4O/c1-13-17(12-21-18(22-13)14-5-6-14)19(25)24-9-7-23(8-10-24)16-4-2-3-15(20)11-16/h2-4,11-12,14H,5-10H2,1H3. The van der Waals surface area contributed by atoms with Gasteiger partial charge in [0.05, 0.1) is 11.3 Å². The smallest absolute Gasteiger partial charge is 0.257 e. The fourth-order valence-corrected chi connectivity index (χ4v) is 3.43. The van der Waals surface area contributed by atoms with Gasteiger partial charge in [-0.2, -0.15) is 0 Å². The van der Waals surface area contributed by atoms with Crippen LogP contribution >= 0.6 is 11.6 Å². The van der Waals surface area contributed by atoms with Crippen molar-refractivity contribution in [2.45, 2.75) is 25.7 Å². The van der Waals surface area contributed by atoms with Gasteiger partial charge in [0.2, 0.25) is 0 Å². The van der Waals surface area contributed by atoms with Gasteiger partial charge in [0, 0.05) is 49.0 Å². The van der Waals surface area contributed by atoms with E-state index in [0.29, 0.717) is 24.6 Å². The maximum atomic E-state index is 12.8. The summed E-state index contributed by atoms with van der Waals surface area (Å²) in [4.78, 5) is 25.9. The van der Waals surface area contributed by atoms with E-state index in [1.54, 1.807) is 6.20 Å². The van der Waals surface area contributed by atoms with E-state index in [-0.39, 0.29) is 5.91 Å². The Bertz CT molecular complexity index is 798. The van der Waals surface area contributed by atoms with Gasteiger partial charge in [-0.15, -0.1) is 0 Å². The molecular weight excluding hydrogens is 336 g/mol. The number of carbonyl (C=O) groups excluding carboxylic acids is 1. The van der Waals surface area contributed by atoms with Crippen LogP contribution in [0.4, 0.5) is 5.69 Å². The number of nitrogens with zero attached hydrogens (tertiary/aromatic N) is 4. The van der Waals surface area contributed by atoms with Crippen molar-refractivity contribution in [1.82, 2.24) is 14.9 Å². The van der Waals surface area contributed by atoms with Crippen LogP contribution in [0.3, 0.4) is 0 Å². The highest BCUT2D eigenvalue weighted by molar-refractivity contribution is 6.30. The number of hydrogen-bond acceptors (Lipinski definition) is 4. The number of aromatic nitrogens is 2. The average molecular weight is 357 g/mol. The molecule has 25 heavy (non-hydrogen) atoms. The van der Waals surface area contributed by atoms with Crippen LogP contribution in [-0.2, 0) is 0 Å². The molecule has 0 atom stereocenters. The summed E-state index contributed by atoms with van der Waals surface area (Å²) in [6, 6.07) is 7.85. The summed E-state index contributed by atoms with van der Waals surface area (Å²) < 4.78 is 0. The van der Waals surface area contributed by atoms with Crippen LogP contribution in [-0.4, -0.2) is 47.0 Å². The monoisotopic (exact) mass is 356 g/mol. The van der Waals surface area contributed by atoms with Crippen molar-refractivity contribution >= 4 is 23.2 Å². The number of amides is 1. The Morgan fingerprint density at radius 1 is 1.20 bits per heavy atom. The summed E-state index contributed by atoms with van der Waals surface area (Å²) in [6.45, 7) is 4.88. The summed E-state index contributed by atoms with van der Waals surface area (Å²) in [7, 11) is 0. The third-order valence-electron chi connectivity index (χ3n) is 4.91. The van der Waals surface area contributed by atoms with Crippen LogP contribution in [0.5, 0.6) is 0 Å². The third-order valence-corrected chi connectivity index (χ3v) is 5.15. The maximum absolute atomic E-state index is 12.8. The zero-order chi connectivity index (χ0) is 17.4. The van der Waals surface area contributed by atoms with Crippen molar-refractivity contribution < 1.29 is 4.79 Å². The minimum atomic E-state index is 0.0330. The number of rotatable bonds is 3. The molecule has 1 aliphatic heterocycles. The van der Waals surface area contributed by atoms with E-state index in [1.807, 2.05) is 30.0 Å². The number of benzene rings is 1. The predicted octanol–water partition coefficient (Wildman–Crippen LogP) is 3.28. The van der Waals surface area contributed by atoms with E-state index in [9.17, 15) is 4.79 Å². The zero-order valence-electron chi connectivity index (χ0n) is 14.3. The number of hydrogen-bond donors (Lipinski definition) is 0. The van der Waals surface area contributed by atoms with Crippen molar-refractivity contribution in [3.63, 3.8) is 0 Å². The zero-order valence-corrected chi connectivity index (χ0v) is 15.0. The lowest BCUT2D eigenvalue weighted by atomic mass is 10.1. The minimum absolute atomic E-state index is 0.0330. The molecule has 2 fully saturated rings. The summed E-state index contributed by atoms with van der Waals surface area (Å²) in [5.41, 5.74) is 2.52. The Balaban J connectivity index is 1.42. The summed E-state index contributed by atoms with van der Waals surface area (Å²) in [5.74, 6) is 1.43. The summed E-state index contributed by atoms with van der Waals surface area (Å²) >= 11 is 6.07. The molecule has 0 unspecified atom stereocenters. The molecule has 0 bridgehead atoms. The number of halogens is 1. The molecule has 0 radical (unpaired) electrons. The van der Waals surface area contributed by atoms with Crippen LogP contribution in [0.25, 0.3) is 0 Å². The second-order valence-electron chi connectivity index (χ2n) is 6.76. The summed E-state index contributed by atoms with van der Waals surface area (Å²) in [6.07, 6.45) is 4.04. The Kier molecular flexibility index (Phi) is 4.34. The molecule has 130 valence electrons. The van der Waals surface area contributed by atoms with Crippen molar-refractivity contribution in [2.75, 3.05) is 31.1 Å². The molecule has 2 aromatic rings. The molecule has 1 saturated carbocycles. The highest BCUT2D eigenvalue weighted by atomic mass is 35.5. The first kappa shape index (κ1) is 16.3. The lowest BCUT2D eigenvalue weighted by Crippen LogP contribution is -2.49. The first-order valence-corrected chi connectivity index (χ1v) is 9.13. The van der Waals surface area contributed by atoms with Crippen LogP contribution in [0.15, 0.2) is 30.5 Å². The van der Waals surface area contributed by atoms with Crippen molar-refractivity contribution in [2.24, 2.45) is 0 Å². The molecular formula is C19H21ClN4O. The molecule has 1 aromatic heterocycles. The van der Waals surface area contributed by atoms with Gasteiger partial charge < -0.3 is 9.80 Å². The first-order chi connectivity index (χ1) is 12.1. The lowest BCUT2D eigenvalue weighted by molar-refractivity contribution is 0.0745. The molecule has 0 spiro atoms. The largest absolute Gasteiger partial charge is 0.368 e. The predicted molar refractivity (Wildman–Crippen MR) is 98.3 cm³/mol.